The number of carbonyl (C=O) groups is 1. The fourth-order valence-electron chi connectivity index (χ4n) is 1.30. The maximum atomic E-state index is 11.3. The van der Waals surface area contributed by atoms with Gasteiger partial charge in [-0.1, -0.05) is 13.8 Å². The Kier molecular flexibility index (Phi) is 8.62. The molecular formula is C12H23NO3. The summed E-state index contributed by atoms with van der Waals surface area (Å²) >= 11 is 0. The number of esters is 1. The number of nitrogens with zero attached hydrogens (tertiary/aromatic N) is 1. The average Bonchev–Trinajstić information content (AvgIpc) is 2.26. The molecule has 0 saturated heterocycles. The van der Waals surface area contributed by atoms with Gasteiger partial charge in [0.25, 0.3) is 0 Å². The molecule has 4 nitrogen and oxygen atoms in total. The van der Waals surface area contributed by atoms with Gasteiger partial charge >= 0.3 is 5.97 Å². The van der Waals surface area contributed by atoms with Gasteiger partial charge in [-0.3, -0.25) is 4.90 Å². The van der Waals surface area contributed by atoms with Crippen LogP contribution in [0.1, 0.15) is 27.7 Å². The second-order valence-corrected chi connectivity index (χ2v) is 3.26. The molecular weight excluding hydrogens is 206 g/mol. The van der Waals surface area contributed by atoms with Gasteiger partial charge in [0.2, 0.25) is 0 Å². The Labute approximate surface area is 98.2 Å². The summed E-state index contributed by atoms with van der Waals surface area (Å²) in [5.41, 5.74) is 0. The van der Waals surface area contributed by atoms with Crippen LogP contribution < -0.4 is 0 Å². The minimum Gasteiger partial charge on any atom is -0.497 e. The van der Waals surface area contributed by atoms with Gasteiger partial charge in [0, 0.05) is 0 Å². The summed E-state index contributed by atoms with van der Waals surface area (Å²) in [4.78, 5) is 13.5. The van der Waals surface area contributed by atoms with Crippen LogP contribution in [0.5, 0.6) is 0 Å². The van der Waals surface area contributed by atoms with Crippen LogP contribution in [0.4, 0.5) is 0 Å². The van der Waals surface area contributed by atoms with Crippen LogP contribution in [0, 0.1) is 0 Å². The van der Waals surface area contributed by atoms with E-state index in [-0.39, 0.29) is 5.97 Å². The zero-order chi connectivity index (χ0) is 12.4. The third kappa shape index (κ3) is 6.45. The molecule has 0 aliphatic carbocycles. The first kappa shape index (κ1) is 15.0. The predicted octanol–water partition coefficient (Wildman–Crippen LogP) is 1.81. The third-order valence-corrected chi connectivity index (χ3v) is 2.17. The van der Waals surface area contributed by atoms with Gasteiger partial charge in [0.05, 0.1) is 25.8 Å². The Bertz CT molecular complexity index is 222. The second-order valence-electron chi connectivity index (χ2n) is 3.26. The summed E-state index contributed by atoms with van der Waals surface area (Å²) in [6, 6.07) is 0. The van der Waals surface area contributed by atoms with Crippen LogP contribution in [-0.2, 0) is 14.3 Å². The number of ether oxygens (including phenoxy) is 2. The molecule has 0 aromatic carbocycles. The summed E-state index contributed by atoms with van der Waals surface area (Å²) in [6.07, 6.45) is 1.44. The SMILES string of the molecule is CCOC(=O)/C=C(/CN(CC)CC)OCC. The van der Waals surface area contributed by atoms with Crippen LogP contribution in [0.2, 0.25) is 0 Å². The number of hydrogen-bond donors (Lipinski definition) is 0. The molecule has 0 amide bonds. The van der Waals surface area contributed by atoms with Crippen LogP contribution in [-0.4, -0.2) is 43.7 Å². The van der Waals surface area contributed by atoms with E-state index in [1.165, 1.54) is 6.08 Å². The number of carbonyl (C=O) groups excluding carboxylic acids is 1. The number of likely N-dealkylation sites (N-methyl/N-ethyl adjacent to an activating group) is 1. The molecule has 0 aromatic rings. The summed E-state index contributed by atoms with van der Waals surface area (Å²) in [5, 5.41) is 0. The lowest BCUT2D eigenvalue weighted by Crippen LogP contribution is -2.26. The average molecular weight is 229 g/mol. The van der Waals surface area contributed by atoms with Gasteiger partial charge in [-0.2, -0.15) is 0 Å². The summed E-state index contributed by atoms with van der Waals surface area (Å²) < 4.78 is 10.3. The molecule has 0 bridgehead atoms. The molecule has 0 atom stereocenters. The lowest BCUT2D eigenvalue weighted by molar-refractivity contribution is -0.137. The normalized spacial score (nSPS) is 11.7. The zero-order valence-corrected chi connectivity index (χ0v) is 10.8. The highest BCUT2D eigenvalue weighted by Gasteiger charge is 2.07. The molecule has 0 aromatic heterocycles. The van der Waals surface area contributed by atoms with Gasteiger partial charge in [-0.25, -0.2) is 4.79 Å². The maximum Gasteiger partial charge on any atom is 0.334 e. The van der Waals surface area contributed by atoms with Gasteiger partial charge in [-0.15, -0.1) is 0 Å². The minimum absolute atomic E-state index is 0.335. The quantitative estimate of drug-likeness (QED) is 0.361. The highest BCUT2D eigenvalue weighted by atomic mass is 16.5. The van der Waals surface area contributed by atoms with Crippen LogP contribution in [0.25, 0.3) is 0 Å². The molecule has 0 rings (SSSR count). The third-order valence-electron chi connectivity index (χ3n) is 2.17. The molecule has 0 radical (unpaired) electrons. The molecule has 4 heteroatoms. The molecule has 0 unspecified atom stereocenters. The Hall–Kier alpha value is -1.03. The monoisotopic (exact) mass is 229 g/mol. The molecule has 0 aliphatic heterocycles. The molecule has 94 valence electrons. The number of hydrogen-bond acceptors (Lipinski definition) is 4. The van der Waals surface area contributed by atoms with Crippen molar-refractivity contribution in [3.63, 3.8) is 0 Å². The van der Waals surface area contributed by atoms with Crippen molar-refractivity contribution in [1.82, 2.24) is 4.90 Å². The van der Waals surface area contributed by atoms with E-state index in [1.807, 2.05) is 6.92 Å². The van der Waals surface area contributed by atoms with Crippen molar-refractivity contribution in [3.05, 3.63) is 11.8 Å². The molecule has 16 heavy (non-hydrogen) atoms. The van der Waals surface area contributed by atoms with Crippen molar-refractivity contribution in [2.24, 2.45) is 0 Å². The van der Waals surface area contributed by atoms with E-state index >= 15 is 0 Å². The van der Waals surface area contributed by atoms with E-state index in [9.17, 15) is 4.79 Å². The van der Waals surface area contributed by atoms with Crippen LogP contribution >= 0.6 is 0 Å². The van der Waals surface area contributed by atoms with Gasteiger partial charge in [-0.05, 0) is 26.9 Å². The summed E-state index contributed by atoms with van der Waals surface area (Å²) in [5.74, 6) is 0.336. The first-order chi connectivity index (χ1) is 7.67. The summed E-state index contributed by atoms with van der Waals surface area (Å²) in [7, 11) is 0. The fourth-order valence-corrected chi connectivity index (χ4v) is 1.30. The van der Waals surface area contributed by atoms with Crippen molar-refractivity contribution in [1.29, 1.82) is 0 Å². The Morgan fingerprint density at radius 3 is 2.06 bits per heavy atom. The molecule has 0 spiro atoms. The lowest BCUT2D eigenvalue weighted by atomic mass is 10.3. The Morgan fingerprint density at radius 2 is 1.62 bits per heavy atom. The van der Waals surface area contributed by atoms with Gasteiger partial charge in [0.15, 0.2) is 0 Å². The highest BCUT2D eigenvalue weighted by Crippen LogP contribution is 2.02. The van der Waals surface area contributed by atoms with Gasteiger partial charge in [0.1, 0.15) is 5.76 Å². The van der Waals surface area contributed by atoms with Crippen molar-refractivity contribution in [2.45, 2.75) is 27.7 Å². The minimum atomic E-state index is -0.335. The van der Waals surface area contributed by atoms with Crippen molar-refractivity contribution < 1.29 is 14.3 Å². The molecule has 0 saturated carbocycles. The van der Waals surface area contributed by atoms with E-state index in [0.29, 0.717) is 25.5 Å². The largest absolute Gasteiger partial charge is 0.497 e. The van der Waals surface area contributed by atoms with Gasteiger partial charge < -0.3 is 9.47 Å². The van der Waals surface area contributed by atoms with E-state index in [4.69, 9.17) is 9.47 Å². The molecule has 0 fully saturated rings. The summed E-state index contributed by atoms with van der Waals surface area (Å²) in [6.45, 7) is 11.3. The second kappa shape index (κ2) is 9.21. The van der Waals surface area contributed by atoms with Crippen LogP contribution in [0.15, 0.2) is 11.8 Å². The van der Waals surface area contributed by atoms with Crippen molar-refractivity contribution in [3.8, 4) is 0 Å². The topological polar surface area (TPSA) is 38.8 Å². The standard InChI is InChI=1S/C12H23NO3/c1-5-13(6-2)10-11(15-7-3)9-12(14)16-8-4/h9H,5-8,10H2,1-4H3/b11-9-. The van der Waals surface area contributed by atoms with E-state index < -0.39 is 0 Å². The fraction of sp³-hybridized carbons (Fsp3) is 0.750. The first-order valence-electron chi connectivity index (χ1n) is 5.90. The predicted molar refractivity (Wildman–Crippen MR) is 64.1 cm³/mol. The molecule has 0 aliphatic rings. The van der Waals surface area contributed by atoms with Crippen molar-refractivity contribution >= 4 is 5.97 Å². The van der Waals surface area contributed by atoms with E-state index in [1.54, 1.807) is 6.92 Å². The van der Waals surface area contributed by atoms with E-state index in [2.05, 4.69) is 18.7 Å². The maximum absolute atomic E-state index is 11.3. The Balaban J connectivity index is 4.40. The number of rotatable bonds is 8. The smallest absolute Gasteiger partial charge is 0.334 e. The van der Waals surface area contributed by atoms with Crippen molar-refractivity contribution in [2.75, 3.05) is 32.8 Å². The molecule has 0 N–H and O–H groups in total. The van der Waals surface area contributed by atoms with E-state index in [0.717, 1.165) is 13.1 Å². The zero-order valence-electron chi connectivity index (χ0n) is 10.8. The van der Waals surface area contributed by atoms with Crippen LogP contribution in [0.3, 0.4) is 0 Å². The lowest BCUT2D eigenvalue weighted by Gasteiger charge is -2.19. The molecule has 0 heterocycles. The highest BCUT2D eigenvalue weighted by molar-refractivity contribution is 5.82. The first-order valence-corrected chi connectivity index (χ1v) is 5.90. The Morgan fingerprint density at radius 1 is 1.06 bits per heavy atom.